The molecule has 6 heteroatoms. The van der Waals surface area contributed by atoms with Gasteiger partial charge >= 0.3 is 0 Å². The largest absolute Gasteiger partial charge is 0.330 e. The number of hydrazine groups is 1. The zero-order valence-electron chi connectivity index (χ0n) is 8.36. The van der Waals surface area contributed by atoms with E-state index in [0.29, 0.717) is 4.88 Å². The summed E-state index contributed by atoms with van der Waals surface area (Å²) in [5, 5.41) is 0. The minimum absolute atomic E-state index is 0.224. The first-order chi connectivity index (χ1) is 7.27. The quantitative estimate of drug-likeness (QED) is 0.301. The first-order valence-corrected chi connectivity index (χ1v) is 6.62. The number of nitrogens with two attached hydrogens (primary N) is 2. The molecule has 0 saturated carbocycles. The highest BCUT2D eigenvalue weighted by molar-refractivity contribution is 7.98. The van der Waals surface area contributed by atoms with E-state index in [1.807, 2.05) is 17.8 Å². The van der Waals surface area contributed by atoms with E-state index in [4.69, 9.17) is 11.6 Å². The summed E-state index contributed by atoms with van der Waals surface area (Å²) in [6.45, 7) is 0.734. The molecule has 1 heterocycles. The molecular weight excluding hydrogens is 230 g/mol. The lowest BCUT2D eigenvalue weighted by molar-refractivity contribution is 0.0957. The summed E-state index contributed by atoms with van der Waals surface area (Å²) in [5.74, 6) is 6.81. The van der Waals surface area contributed by atoms with Crippen molar-refractivity contribution >= 4 is 29.0 Å². The van der Waals surface area contributed by atoms with Crippen molar-refractivity contribution in [3.63, 3.8) is 0 Å². The third kappa shape index (κ3) is 4.21. The normalized spacial score (nSPS) is 10.3. The van der Waals surface area contributed by atoms with Crippen molar-refractivity contribution < 1.29 is 4.79 Å². The predicted molar refractivity (Wildman–Crippen MR) is 65.8 cm³/mol. The summed E-state index contributed by atoms with van der Waals surface area (Å²) in [6.07, 6.45) is 1.03. The summed E-state index contributed by atoms with van der Waals surface area (Å²) < 4.78 is 0. The van der Waals surface area contributed by atoms with Gasteiger partial charge in [0.2, 0.25) is 0 Å². The smallest absolute Gasteiger partial charge is 0.275 e. The Balaban J connectivity index is 2.36. The van der Waals surface area contributed by atoms with Crippen molar-refractivity contribution in [2.45, 2.75) is 12.2 Å². The Kier molecular flexibility index (Phi) is 5.70. The van der Waals surface area contributed by atoms with Gasteiger partial charge in [0.25, 0.3) is 5.91 Å². The number of thioether (sulfide) groups is 1. The van der Waals surface area contributed by atoms with Crippen LogP contribution in [0.4, 0.5) is 0 Å². The van der Waals surface area contributed by atoms with Crippen LogP contribution in [0.1, 0.15) is 21.0 Å². The molecule has 0 fully saturated rings. The summed E-state index contributed by atoms with van der Waals surface area (Å²) in [6, 6.07) is 3.76. The van der Waals surface area contributed by atoms with Crippen LogP contribution in [-0.2, 0) is 5.75 Å². The third-order valence-corrected chi connectivity index (χ3v) is 4.11. The van der Waals surface area contributed by atoms with E-state index >= 15 is 0 Å². The van der Waals surface area contributed by atoms with E-state index in [1.54, 1.807) is 6.07 Å². The minimum Gasteiger partial charge on any atom is -0.330 e. The van der Waals surface area contributed by atoms with Crippen LogP contribution in [0.25, 0.3) is 0 Å². The number of thiophene rings is 1. The maximum Gasteiger partial charge on any atom is 0.275 e. The highest BCUT2D eigenvalue weighted by Gasteiger charge is 2.06. The Morgan fingerprint density at radius 2 is 2.33 bits per heavy atom. The van der Waals surface area contributed by atoms with Crippen LogP contribution in [-0.4, -0.2) is 18.2 Å². The van der Waals surface area contributed by atoms with E-state index in [9.17, 15) is 4.79 Å². The van der Waals surface area contributed by atoms with Crippen LogP contribution in [0.15, 0.2) is 12.1 Å². The Bertz CT molecular complexity index is 314. The fraction of sp³-hybridized carbons (Fsp3) is 0.444. The summed E-state index contributed by atoms with van der Waals surface area (Å²) >= 11 is 3.31. The Labute approximate surface area is 97.4 Å². The van der Waals surface area contributed by atoms with Gasteiger partial charge in [-0.05, 0) is 30.9 Å². The summed E-state index contributed by atoms with van der Waals surface area (Å²) in [5.41, 5.74) is 7.51. The van der Waals surface area contributed by atoms with Gasteiger partial charge in [0, 0.05) is 10.6 Å². The molecule has 0 atom stereocenters. The van der Waals surface area contributed by atoms with Crippen LogP contribution in [0, 0.1) is 0 Å². The van der Waals surface area contributed by atoms with E-state index < -0.39 is 0 Å². The number of carbonyl (C=O) groups is 1. The molecule has 84 valence electrons. The van der Waals surface area contributed by atoms with E-state index in [-0.39, 0.29) is 5.91 Å². The second-order valence-corrected chi connectivity index (χ2v) is 5.21. The highest BCUT2D eigenvalue weighted by atomic mass is 32.2. The van der Waals surface area contributed by atoms with Gasteiger partial charge in [-0.1, -0.05) is 0 Å². The number of hydrogen-bond acceptors (Lipinski definition) is 5. The molecule has 1 amide bonds. The maximum absolute atomic E-state index is 11.2. The van der Waals surface area contributed by atoms with Crippen LogP contribution in [0.2, 0.25) is 0 Å². The molecule has 1 rings (SSSR count). The molecule has 0 saturated heterocycles. The topological polar surface area (TPSA) is 81.1 Å². The molecule has 0 unspecified atom stereocenters. The first kappa shape index (κ1) is 12.5. The van der Waals surface area contributed by atoms with E-state index in [0.717, 1.165) is 24.5 Å². The molecule has 4 nitrogen and oxygen atoms in total. The van der Waals surface area contributed by atoms with Crippen molar-refractivity contribution in [1.82, 2.24) is 5.43 Å². The van der Waals surface area contributed by atoms with Gasteiger partial charge in [-0.15, -0.1) is 11.3 Å². The average Bonchev–Trinajstić information content (AvgIpc) is 2.72. The second kappa shape index (κ2) is 6.84. The number of amides is 1. The lowest BCUT2D eigenvalue weighted by atomic mass is 10.4. The zero-order chi connectivity index (χ0) is 11.1. The number of rotatable bonds is 6. The number of carbonyl (C=O) groups excluding carboxylic acids is 1. The highest BCUT2D eigenvalue weighted by Crippen LogP contribution is 2.21. The molecule has 0 aliphatic heterocycles. The van der Waals surface area contributed by atoms with E-state index in [1.165, 1.54) is 16.2 Å². The molecule has 0 aliphatic carbocycles. The molecule has 0 radical (unpaired) electrons. The zero-order valence-corrected chi connectivity index (χ0v) is 10.00. The number of nitrogen functional groups attached to an aromatic ring is 1. The molecule has 1 aromatic heterocycles. The molecule has 0 spiro atoms. The average molecular weight is 245 g/mol. The van der Waals surface area contributed by atoms with Crippen molar-refractivity contribution in [1.29, 1.82) is 0 Å². The van der Waals surface area contributed by atoms with Crippen molar-refractivity contribution in [3.05, 3.63) is 21.9 Å². The van der Waals surface area contributed by atoms with Gasteiger partial charge in [0.1, 0.15) is 0 Å². The van der Waals surface area contributed by atoms with Crippen LogP contribution in [0.3, 0.4) is 0 Å². The van der Waals surface area contributed by atoms with Gasteiger partial charge in [-0.2, -0.15) is 11.8 Å². The van der Waals surface area contributed by atoms with E-state index in [2.05, 4.69) is 5.43 Å². The fourth-order valence-electron chi connectivity index (χ4n) is 1.01. The molecular formula is C9H15N3OS2. The molecule has 15 heavy (non-hydrogen) atoms. The van der Waals surface area contributed by atoms with Crippen LogP contribution in [0.5, 0.6) is 0 Å². The first-order valence-electron chi connectivity index (χ1n) is 4.65. The van der Waals surface area contributed by atoms with Crippen LogP contribution < -0.4 is 17.0 Å². The number of nitrogens with one attached hydrogen (secondary N) is 1. The van der Waals surface area contributed by atoms with Crippen molar-refractivity contribution in [3.8, 4) is 0 Å². The Morgan fingerprint density at radius 1 is 1.53 bits per heavy atom. The molecule has 0 aliphatic rings. The lowest BCUT2D eigenvalue weighted by Gasteiger charge is -1.97. The molecule has 0 bridgehead atoms. The number of hydrogen-bond donors (Lipinski definition) is 3. The summed E-state index contributed by atoms with van der Waals surface area (Å²) in [7, 11) is 0. The molecule has 5 N–H and O–H groups in total. The van der Waals surface area contributed by atoms with Gasteiger partial charge in [0.15, 0.2) is 0 Å². The summed E-state index contributed by atoms with van der Waals surface area (Å²) in [4.78, 5) is 13.0. The molecule has 1 aromatic rings. The van der Waals surface area contributed by atoms with Gasteiger partial charge in [0.05, 0.1) is 4.88 Å². The third-order valence-electron chi connectivity index (χ3n) is 1.75. The molecule has 0 aromatic carbocycles. The maximum atomic E-state index is 11.2. The lowest BCUT2D eigenvalue weighted by Crippen LogP contribution is -2.29. The monoisotopic (exact) mass is 245 g/mol. The van der Waals surface area contributed by atoms with Gasteiger partial charge in [-0.3, -0.25) is 10.2 Å². The van der Waals surface area contributed by atoms with Crippen molar-refractivity contribution in [2.24, 2.45) is 11.6 Å². The minimum atomic E-state index is -0.224. The van der Waals surface area contributed by atoms with Gasteiger partial charge < -0.3 is 5.73 Å². The fourth-order valence-corrected chi connectivity index (χ4v) is 3.01. The Hall–Kier alpha value is -0.560. The van der Waals surface area contributed by atoms with Gasteiger partial charge in [-0.25, -0.2) is 5.84 Å². The van der Waals surface area contributed by atoms with Crippen molar-refractivity contribution in [2.75, 3.05) is 12.3 Å². The standard InChI is InChI=1S/C9H15N3OS2/c10-4-1-5-14-6-7-2-3-8(15-7)9(13)12-11/h2-3H,1,4-6,10-11H2,(H,12,13). The Morgan fingerprint density at radius 3 is 3.00 bits per heavy atom. The second-order valence-electron chi connectivity index (χ2n) is 2.93. The SMILES string of the molecule is NCCCSCc1ccc(C(=O)NN)s1. The van der Waals surface area contributed by atoms with Crippen LogP contribution >= 0.6 is 23.1 Å². The predicted octanol–water partition coefficient (Wildman–Crippen LogP) is 0.934.